The van der Waals surface area contributed by atoms with Gasteiger partial charge in [0.2, 0.25) is 0 Å². The highest BCUT2D eigenvalue weighted by Gasteiger charge is 2.43. The van der Waals surface area contributed by atoms with Crippen molar-refractivity contribution in [1.82, 2.24) is 5.06 Å². The molecule has 0 aromatic rings. The van der Waals surface area contributed by atoms with Gasteiger partial charge in [-0.2, -0.15) is 13.2 Å². The van der Waals surface area contributed by atoms with Crippen LogP contribution in [0.3, 0.4) is 0 Å². The van der Waals surface area contributed by atoms with Crippen molar-refractivity contribution in [1.29, 1.82) is 0 Å². The number of methoxy groups -OCH3 is 1. The van der Waals surface area contributed by atoms with E-state index in [4.69, 9.17) is 0 Å². The summed E-state index contributed by atoms with van der Waals surface area (Å²) < 4.78 is 39.0. The van der Waals surface area contributed by atoms with Crippen LogP contribution in [-0.2, 0) is 14.4 Å². The van der Waals surface area contributed by atoms with E-state index in [1.807, 2.05) is 0 Å². The number of hydrogen-bond donors (Lipinski definition) is 0. The maximum Gasteiger partial charge on any atom is 0.493 e. The van der Waals surface area contributed by atoms with E-state index in [0.29, 0.717) is 0 Å². The van der Waals surface area contributed by atoms with Crippen molar-refractivity contribution in [3.8, 4) is 0 Å². The SMILES string of the molecule is CCN(OC(=O)C(F)(F)F)C(=O)OC. The molecule has 0 aromatic heterocycles. The normalized spacial score (nSPS) is 10.6. The van der Waals surface area contributed by atoms with Gasteiger partial charge in [0.05, 0.1) is 13.7 Å². The lowest BCUT2D eigenvalue weighted by molar-refractivity contribution is -0.230. The second kappa shape index (κ2) is 4.68. The predicted molar refractivity (Wildman–Crippen MR) is 36.9 cm³/mol. The molecule has 8 heteroatoms. The Balaban J connectivity index is 4.34. The summed E-state index contributed by atoms with van der Waals surface area (Å²) in [5.41, 5.74) is 0. The van der Waals surface area contributed by atoms with Gasteiger partial charge < -0.3 is 9.57 Å². The average molecular weight is 215 g/mol. The summed E-state index contributed by atoms with van der Waals surface area (Å²) in [7, 11) is 0.951. The summed E-state index contributed by atoms with van der Waals surface area (Å²) in [5.74, 6) is -2.47. The Bertz CT molecular complexity index is 228. The molecule has 0 aliphatic carbocycles. The first-order valence-electron chi connectivity index (χ1n) is 3.47. The summed E-state index contributed by atoms with van der Waals surface area (Å²) >= 11 is 0. The fraction of sp³-hybridized carbons (Fsp3) is 0.667. The van der Waals surface area contributed by atoms with E-state index in [1.165, 1.54) is 6.92 Å². The van der Waals surface area contributed by atoms with Crippen molar-refractivity contribution in [2.45, 2.75) is 13.1 Å². The molecule has 82 valence electrons. The van der Waals surface area contributed by atoms with Gasteiger partial charge >= 0.3 is 18.2 Å². The van der Waals surface area contributed by atoms with E-state index in [9.17, 15) is 22.8 Å². The molecule has 0 radical (unpaired) electrons. The summed E-state index contributed by atoms with van der Waals surface area (Å²) in [4.78, 5) is 24.6. The third kappa shape index (κ3) is 3.50. The molecular formula is C6H8F3NO4. The van der Waals surface area contributed by atoms with Crippen molar-refractivity contribution in [3.63, 3.8) is 0 Å². The fourth-order valence-electron chi connectivity index (χ4n) is 0.485. The van der Waals surface area contributed by atoms with Gasteiger partial charge in [-0.1, -0.05) is 0 Å². The second-order valence-electron chi connectivity index (χ2n) is 2.04. The summed E-state index contributed by atoms with van der Waals surface area (Å²) in [6.07, 6.45) is -6.31. The van der Waals surface area contributed by atoms with E-state index in [-0.39, 0.29) is 11.6 Å². The van der Waals surface area contributed by atoms with Crippen LogP contribution in [0.25, 0.3) is 0 Å². The molecule has 0 aliphatic heterocycles. The molecule has 0 heterocycles. The Kier molecular flexibility index (Phi) is 4.19. The number of hydrogen-bond acceptors (Lipinski definition) is 4. The van der Waals surface area contributed by atoms with E-state index in [2.05, 4.69) is 9.57 Å². The third-order valence-corrected chi connectivity index (χ3v) is 1.09. The van der Waals surface area contributed by atoms with Gasteiger partial charge in [-0.05, 0) is 6.92 Å². The highest BCUT2D eigenvalue weighted by Crippen LogP contribution is 2.17. The minimum Gasteiger partial charge on any atom is -0.451 e. The van der Waals surface area contributed by atoms with Crippen LogP contribution in [0.15, 0.2) is 0 Å². The largest absolute Gasteiger partial charge is 0.493 e. The second-order valence-corrected chi connectivity index (χ2v) is 2.04. The highest BCUT2D eigenvalue weighted by atomic mass is 19.4. The fourth-order valence-corrected chi connectivity index (χ4v) is 0.485. The lowest BCUT2D eigenvalue weighted by Crippen LogP contribution is -2.38. The van der Waals surface area contributed by atoms with Crippen molar-refractivity contribution in [2.75, 3.05) is 13.7 Å². The maximum absolute atomic E-state index is 11.7. The summed E-state index contributed by atoms with van der Waals surface area (Å²) in [6, 6.07) is 0. The Morgan fingerprint density at radius 1 is 1.36 bits per heavy atom. The van der Waals surface area contributed by atoms with Crippen LogP contribution in [-0.4, -0.2) is 37.0 Å². The van der Waals surface area contributed by atoms with Gasteiger partial charge in [-0.25, -0.2) is 9.59 Å². The Morgan fingerprint density at radius 2 is 1.86 bits per heavy atom. The molecule has 0 rings (SSSR count). The smallest absolute Gasteiger partial charge is 0.451 e. The van der Waals surface area contributed by atoms with Crippen molar-refractivity contribution in [3.05, 3.63) is 0 Å². The Hall–Kier alpha value is -1.47. The van der Waals surface area contributed by atoms with Crippen LogP contribution in [0, 0.1) is 0 Å². The number of ether oxygens (including phenoxy) is 1. The van der Waals surface area contributed by atoms with Crippen LogP contribution in [0.2, 0.25) is 0 Å². The molecule has 0 bridgehead atoms. The molecular weight excluding hydrogens is 207 g/mol. The average Bonchev–Trinajstić information content (AvgIpc) is 2.10. The Morgan fingerprint density at radius 3 is 2.14 bits per heavy atom. The first-order chi connectivity index (χ1) is 6.32. The van der Waals surface area contributed by atoms with Crippen LogP contribution >= 0.6 is 0 Å². The van der Waals surface area contributed by atoms with Crippen LogP contribution in [0.1, 0.15) is 6.92 Å². The number of carbonyl (C=O) groups excluding carboxylic acids is 2. The molecule has 0 aromatic carbocycles. The molecule has 0 fully saturated rings. The first-order valence-corrected chi connectivity index (χ1v) is 3.47. The van der Waals surface area contributed by atoms with Crippen LogP contribution in [0.4, 0.5) is 18.0 Å². The highest BCUT2D eigenvalue weighted by molar-refractivity contribution is 5.77. The van der Waals surface area contributed by atoms with Gasteiger partial charge in [0, 0.05) is 0 Å². The zero-order valence-electron chi connectivity index (χ0n) is 7.42. The number of nitrogens with zero attached hydrogens (tertiary/aromatic N) is 1. The van der Waals surface area contributed by atoms with Gasteiger partial charge in [0.25, 0.3) is 0 Å². The van der Waals surface area contributed by atoms with Crippen molar-refractivity contribution < 1.29 is 32.3 Å². The van der Waals surface area contributed by atoms with Gasteiger partial charge in [0.15, 0.2) is 0 Å². The standard InChI is InChI=1S/C6H8F3NO4/c1-3-10(5(12)13-2)14-4(11)6(7,8)9/h3H2,1-2H3. The van der Waals surface area contributed by atoms with Gasteiger partial charge in [-0.15, -0.1) is 5.06 Å². The molecule has 0 unspecified atom stereocenters. The van der Waals surface area contributed by atoms with E-state index >= 15 is 0 Å². The zero-order valence-corrected chi connectivity index (χ0v) is 7.42. The van der Waals surface area contributed by atoms with Gasteiger partial charge in [-0.3, -0.25) is 0 Å². The summed E-state index contributed by atoms with van der Waals surface area (Å²) in [6.45, 7) is 1.08. The molecule has 0 spiro atoms. The number of hydroxylamine groups is 2. The predicted octanol–water partition coefficient (Wildman–Crippen LogP) is 1.10. The lowest BCUT2D eigenvalue weighted by atomic mass is 10.7. The third-order valence-electron chi connectivity index (χ3n) is 1.09. The minimum atomic E-state index is -5.14. The van der Waals surface area contributed by atoms with E-state index in [0.717, 1.165) is 7.11 Å². The molecule has 0 N–H and O–H groups in total. The number of rotatable bonds is 1. The molecule has 0 aliphatic rings. The lowest BCUT2D eigenvalue weighted by Gasteiger charge is -2.18. The molecule has 1 amide bonds. The van der Waals surface area contributed by atoms with Crippen LogP contribution in [0.5, 0.6) is 0 Å². The number of amides is 1. The molecule has 14 heavy (non-hydrogen) atoms. The number of carbonyl (C=O) groups is 2. The monoisotopic (exact) mass is 215 g/mol. The van der Waals surface area contributed by atoms with Crippen molar-refractivity contribution in [2.24, 2.45) is 0 Å². The summed E-state index contributed by atoms with van der Waals surface area (Å²) in [5, 5.41) is 0.163. The number of halogens is 3. The number of alkyl halides is 3. The molecule has 0 atom stereocenters. The zero-order chi connectivity index (χ0) is 11.4. The van der Waals surface area contributed by atoms with Crippen molar-refractivity contribution >= 4 is 12.1 Å². The Labute approximate surface area is 77.3 Å². The molecule has 5 nitrogen and oxygen atoms in total. The first kappa shape index (κ1) is 12.5. The van der Waals surface area contributed by atoms with Crippen LogP contribution < -0.4 is 0 Å². The topological polar surface area (TPSA) is 55.8 Å². The molecule has 0 saturated heterocycles. The quantitative estimate of drug-likeness (QED) is 0.614. The van der Waals surface area contributed by atoms with Gasteiger partial charge in [0.1, 0.15) is 0 Å². The molecule has 0 saturated carbocycles. The van der Waals surface area contributed by atoms with E-state index < -0.39 is 18.2 Å². The maximum atomic E-state index is 11.7. The minimum absolute atomic E-state index is 0.163. The van der Waals surface area contributed by atoms with E-state index in [1.54, 1.807) is 0 Å².